The van der Waals surface area contributed by atoms with Crippen LogP contribution in [0.1, 0.15) is 24.5 Å². The van der Waals surface area contributed by atoms with Gasteiger partial charge in [0.25, 0.3) is 0 Å². The Kier molecular flexibility index (Phi) is 6.11. The normalized spacial score (nSPS) is 11.1. The summed E-state index contributed by atoms with van der Waals surface area (Å²) >= 11 is 0. The third kappa shape index (κ3) is 4.42. The van der Waals surface area contributed by atoms with E-state index in [1.165, 1.54) is 12.1 Å². The summed E-state index contributed by atoms with van der Waals surface area (Å²) in [6, 6.07) is 4.69. The molecule has 0 aromatic heterocycles. The average Bonchev–Trinajstić information content (AvgIpc) is 2.30. The van der Waals surface area contributed by atoms with Gasteiger partial charge in [0.05, 0.1) is 6.61 Å². The molecule has 17 heavy (non-hydrogen) atoms. The summed E-state index contributed by atoms with van der Waals surface area (Å²) < 4.78 is 13.2. The molecule has 0 saturated carbocycles. The highest BCUT2D eigenvalue weighted by Gasteiger charge is 2.08. The third-order valence-corrected chi connectivity index (χ3v) is 2.74. The molecule has 0 heterocycles. The Morgan fingerprint density at radius 2 is 2.06 bits per heavy atom. The minimum absolute atomic E-state index is 0.118. The van der Waals surface area contributed by atoms with Crippen molar-refractivity contribution in [2.75, 3.05) is 19.7 Å². The van der Waals surface area contributed by atoms with Crippen molar-refractivity contribution in [2.45, 2.75) is 26.4 Å². The van der Waals surface area contributed by atoms with Gasteiger partial charge in [0.15, 0.2) is 0 Å². The fourth-order valence-electron chi connectivity index (χ4n) is 1.91. The van der Waals surface area contributed by atoms with Crippen LogP contribution in [0.5, 0.6) is 0 Å². The molecule has 0 aliphatic rings. The van der Waals surface area contributed by atoms with E-state index >= 15 is 0 Å². The number of aliphatic hydroxyl groups excluding tert-OH is 1. The summed E-state index contributed by atoms with van der Waals surface area (Å²) in [7, 11) is 0. The monoisotopic (exact) mass is 240 g/mol. The van der Waals surface area contributed by atoms with E-state index in [9.17, 15) is 4.39 Å². The summed E-state index contributed by atoms with van der Waals surface area (Å²) in [5.41, 5.74) is 7.51. The van der Waals surface area contributed by atoms with Gasteiger partial charge in [-0.05, 0) is 36.2 Å². The smallest absolute Gasteiger partial charge is 0.123 e. The quantitative estimate of drug-likeness (QED) is 0.759. The van der Waals surface area contributed by atoms with Crippen molar-refractivity contribution in [3.05, 3.63) is 35.1 Å². The van der Waals surface area contributed by atoms with Crippen LogP contribution in [0.15, 0.2) is 18.2 Å². The van der Waals surface area contributed by atoms with Crippen molar-refractivity contribution < 1.29 is 9.50 Å². The molecule has 0 bridgehead atoms. The van der Waals surface area contributed by atoms with Crippen LogP contribution in [0.2, 0.25) is 0 Å². The van der Waals surface area contributed by atoms with Crippen LogP contribution < -0.4 is 5.73 Å². The molecule has 3 nitrogen and oxygen atoms in total. The number of aliphatic hydroxyl groups is 1. The van der Waals surface area contributed by atoms with Gasteiger partial charge in [-0.25, -0.2) is 4.39 Å². The van der Waals surface area contributed by atoms with E-state index in [-0.39, 0.29) is 12.4 Å². The Bertz CT molecular complexity index is 338. The maximum Gasteiger partial charge on any atom is 0.123 e. The van der Waals surface area contributed by atoms with E-state index in [4.69, 9.17) is 10.8 Å². The second-order valence-electron chi connectivity index (χ2n) is 4.12. The highest BCUT2D eigenvalue weighted by atomic mass is 19.1. The summed E-state index contributed by atoms with van der Waals surface area (Å²) in [6.45, 7) is 4.75. The lowest BCUT2D eigenvalue weighted by Gasteiger charge is -2.22. The molecule has 0 fully saturated rings. The number of halogens is 1. The number of hydrogen-bond acceptors (Lipinski definition) is 3. The predicted octanol–water partition coefficient (Wildman–Crippen LogP) is 1.49. The maximum atomic E-state index is 13.2. The van der Waals surface area contributed by atoms with Gasteiger partial charge < -0.3 is 10.8 Å². The van der Waals surface area contributed by atoms with Crippen molar-refractivity contribution in [3.63, 3.8) is 0 Å². The van der Waals surface area contributed by atoms with Gasteiger partial charge in [-0.3, -0.25) is 4.90 Å². The van der Waals surface area contributed by atoms with Crippen LogP contribution in [0.3, 0.4) is 0 Å². The van der Waals surface area contributed by atoms with Crippen LogP contribution in [-0.2, 0) is 13.1 Å². The number of benzene rings is 1. The number of nitrogens with zero attached hydrogens (tertiary/aromatic N) is 1. The molecule has 0 aliphatic carbocycles. The van der Waals surface area contributed by atoms with Gasteiger partial charge in [-0.15, -0.1) is 0 Å². The standard InChI is InChI=1S/C13H21FN2O/c1-2-5-16(6-7-17)10-12-8-13(14)4-3-11(12)9-15/h3-4,8,17H,2,5-7,9-10,15H2,1H3. The second-order valence-corrected chi connectivity index (χ2v) is 4.12. The van der Waals surface area contributed by atoms with E-state index in [0.29, 0.717) is 19.6 Å². The Balaban J connectivity index is 2.79. The SMILES string of the molecule is CCCN(CCO)Cc1cc(F)ccc1CN. The largest absolute Gasteiger partial charge is 0.395 e. The number of hydrogen-bond donors (Lipinski definition) is 2. The van der Waals surface area contributed by atoms with Crippen LogP contribution >= 0.6 is 0 Å². The van der Waals surface area contributed by atoms with Gasteiger partial charge in [-0.2, -0.15) is 0 Å². The minimum Gasteiger partial charge on any atom is -0.395 e. The highest BCUT2D eigenvalue weighted by Crippen LogP contribution is 2.13. The van der Waals surface area contributed by atoms with Crippen LogP contribution in [-0.4, -0.2) is 29.7 Å². The summed E-state index contributed by atoms with van der Waals surface area (Å²) in [6.07, 6.45) is 1.01. The molecule has 0 radical (unpaired) electrons. The Labute approximate surface area is 102 Å². The van der Waals surface area contributed by atoms with Crippen molar-refractivity contribution >= 4 is 0 Å². The van der Waals surface area contributed by atoms with E-state index in [1.54, 1.807) is 6.07 Å². The number of nitrogens with two attached hydrogens (primary N) is 1. The molecule has 0 saturated heterocycles. The lowest BCUT2D eigenvalue weighted by molar-refractivity contribution is 0.190. The van der Waals surface area contributed by atoms with E-state index in [1.807, 2.05) is 0 Å². The first-order valence-electron chi connectivity index (χ1n) is 6.01. The molecular weight excluding hydrogens is 219 g/mol. The predicted molar refractivity (Wildman–Crippen MR) is 66.9 cm³/mol. The lowest BCUT2D eigenvalue weighted by atomic mass is 10.1. The molecule has 0 amide bonds. The van der Waals surface area contributed by atoms with Crippen LogP contribution in [0.25, 0.3) is 0 Å². The van der Waals surface area contributed by atoms with Gasteiger partial charge in [0.2, 0.25) is 0 Å². The first-order chi connectivity index (χ1) is 8.21. The average molecular weight is 240 g/mol. The highest BCUT2D eigenvalue weighted by molar-refractivity contribution is 5.27. The second kappa shape index (κ2) is 7.37. The molecule has 1 aromatic rings. The molecule has 96 valence electrons. The molecule has 4 heteroatoms. The molecule has 0 aliphatic heterocycles. The van der Waals surface area contributed by atoms with Crippen molar-refractivity contribution in [2.24, 2.45) is 5.73 Å². The fraction of sp³-hybridized carbons (Fsp3) is 0.538. The Hall–Kier alpha value is -0.970. The van der Waals surface area contributed by atoms with Gasteiger partial charge in [0.1, 0.15) is 5.82 Å². The number of rotatable bonds is 7. The molecule has 0 spiro atoms. The van der Waals surface area contributed by atoms with Gasteiger partial charge in [-0.1, -0.05) is 13.0 Å². The molecule has 1 aromatic carbocycles. The molecule has 0 atom stereocenters. The Morgan fingerprint density at radius 3 is 2.65 bits per heavy atom. The topological polar surface area (TPSA) is 49.5 Å². The van der Waals surface area contributed by atoms with E-state index in [0.717, 1.165) is 24.1 Å². The zero-order valence-corrected chi connectivity index (χ0v) is 10.3. The first kappa shape index (κ1) is 14.1. The molecular formula is C13H21FN2O. The minimum atomic E-state index is -0.238. The first-order valence-corrected chi connectivity index (χ1v) is 6.01. The molecule has 0 unspecified atom stereocenters. The Morgan fingerprint density at radius 1 is 1.29 bits per heavy atom. The third-order valence-electron chi connectivity index (χ3n) is 2.74. The molecule has 1 rings (SSSR count). The molecule has 3 N–H and O–H groups in total. The maximum absolute atomic E-state index is 13.2. The summed E-state index contributed by atoms with van der Waals surface area (Å²) in [5, 5.41) is 8.98. The van der Waals surface area contributed by atoms with E-state index in [2.05, 4.69) is 11.8 Å². The van der Waals surface area contributed by atoms with E-state index < -0.39 is 0 Å². The van der Waals surface area contributed by atoms with Crippen LogP contribution in [0.4, 0.5) is 4.39 Å². The summed E-state index contributed by atoms with van der Waals surface area (Å²) in [4.78, 5) is 2.11. The van der Waals surface area contributed by atoms with Crippen LogP contribution in [0, 0.1) is 5.82 Å². The lowest BCUT2D eigenvalue weighted by Crippen LogP contribution is -2.28. The van der Waals surface area contributed by atoms with Crippen molar-refractivity contribution in [3.8, 4) is 0 Å². The summed E-state index contributed by atoms with van der Waals surface area (Å²) in [5.74, 6) is -0.238. The van der Waals surface area contributed by atoms with Crippen molar-refractivity contribution in [1.29, 1.82) is 0 Å². The zero-order valence-electron chi connectivity index (χ0n) is 10.3. The van der Waals surface area contributed by atoms with Gasteiger partial charge in [0, 0.05) is 19.6 Å². The van der Waals surface area contributed by atoms with Gasteiger partial charge >= 0.3 is 0 Å². The van der Waals surface area contributed by atoms with Crippen molar-refractivity contribution in [1.82, 2.24) is 4.90 Å². The fourth-order valence-corrected chi connectivity index (χ4v) is 1.91. The zero-order chi connectivity index (χ0) is 12.7.